The number of fused-ring (bicyclic) bond motifs is 2. The molecule has 4 bridgehead atoms. The van der Waals surface area contributed by atoms with Gasteiger partial charge in [-0.1, -0.05) is 65.8 Å². The molecule has 0 N–H and O–H groups in total. The Bertz CT molecular complexity index is 886. The first-order valence-electron chi connectivity index (χ1n) is 12.7. The molecule has 2 saturated heterocycles. The molecule has 2 saturated carbocycles. The van der Waals surface area contributed by atoms with E-state index in [1.54, 1.807) is 0 Å². The SMILES string of the molecule is CC(C)C12C=CC(C)(CC1)C1C(=O)OCC12.CC(C)C12C=CC(C)(CC1)C1COC(=O)C12. The average molecular weight is 441 g/mol. The topological polar surface area (TPSA) is 52.6 Å². The molecule has 8 unspecified atom stereocenters. The Labute approximate surface area is 193 Å². The van der Waals surface area contributed by atoms with Crippen molar-refractivity contribution in [2.75, 3.05) is 13.2 Å². The normalized spacial score (nSPS) is 49.6. The van der Waals surface area contributed by atoms with Gasteiger partial charge in [0.2, 0.25) is 0 Å². The van der Waals surface area contributed by atoms with Gasteiger partial charge in [-0.3, -0.25) is 9.59 Å². The fourth-order valence-electron chi connectivity index (χ4n) is 8.29. The molecule has 4 nitrogen and oxygen atoms in total. The number of carbonyl (C=O) groups excluding carboxylic acids is 2. The van der Waals surface area contributed by atoms with Gasteiger partial charge in [0.05, 0.1) is 25.0 Å². The third-order valence-corrected chi connectivity index (χ3v) is 10.8. The van der Waals surface area contributed by atoms with Crippen LogP contribution in [0.1, 0.15) is 67.2 Å². The van der Waals surface area contributed by atoms with Crippen LogP contribution in [-0.2, 0) is 19.1 Å². The fourth-order valence-corrected chi connectivity index (χ4v) is 8.29. The van der Waals surface area contributed by atoms with Crippen LogP contribution in [0.15, 0.2) is 24.3 Å². The molecule has 32 heavy (non-hydrogen) atoms. The highest BCUT2D eigenvalue weighted by Gasteiger charge is 2.63. The quantitative estimate of drug-likeness (QED) is 0.416. The molecule has 0 radical (unpaired) electrons. The molecule has 2 heterocycles. The van der Waals surface area contributed by atoms with Gasteiger partial charge in [-0.2, -0.15) is 0 Å². The lowest BCUT2D eigenvalue weighted by atomic mass is 9.47. The zero-order valence-corrected chi connectivity index (χ0v) is 20.6. The summed E-state index contributed by atoms with van der Waals surface area (Å²) in [5.41, 5.74) is 0.562. The van der Waals surface area contributed by atoms with Crippen LogP contribution in [0, 0.1) is 57.2 Å². The monoisotopic (exact) mass is 440 g/mol. The van der Waals surface area contributed by atoms with E-state index >= 15 is 0 Å². The van der Waals surface area contributed by atoms with E-state index in [0.717, 1.165) is 12.8 Å². The molecular weight excluding hydrogens is 400 g/mol. The lowest BCUT2D eigenvalue weighted by Gasteiger charge is -2.55. The zero-order chi connectivity index (χ0) is 23.1. The van der Waals surface area contributed by atoms with Crippen molar-refractivity contribution < 1.29 is 19.1 Å². The van der Waals surface area contributed by atoms with Crippen molar-refractivity contribution >= 4 is 11.9 Å². The minimum absolute atomic E-state index is 0.0431. The van der Waals surface area contributed by atoms with Gasteiger partial charge in [0.25, 0.3) is 0 Å². The fraction of sp³-hybridized carbons (Fsp3) is 0.786. The van der Waals surface area contributed by atoms with E-state index in [2.05, 4.69) is 65.8 Å². The van der Waals surface area contributed by atoms with E-state index in [9.17, 15) is 9.59 Å². The Hall–Kier alpha value is -1.58. The summed E-state index contributed by atoms with van der Waals surface area (Å²) in [6.45, 7) is 14.8. The van der Waals surface area contributed by atoms with Crippen molar-refractivity contribution in [1.29, 1.82) is 0 Å². The highest BCUT2D eigenvalue weighted by molar-refractivity contribution is 5.78. The van der Waals surface area contributed by atoms with E-state index in [4.69, 9.17) is 9.47 Å². The lowest BCUT2D eigenvalue weighted by Crippen LogP contribution is -2.52. The molecule has 0 spiro atoms. The van der Waals surface area contributed by atoms with E-state index in [-0.39, 0.29) is 45.4 Å². The summed E-state index contributed by atoms with van der Waals surface area (Å²) in [5, 5.41) is 0. The molecular formula is C28H40O4. The predicted octanol–water partition coefficient (Wildman–Crippen LogP) is 5.58. The summed E-state index contributed by atoms with van der Waals surface area (Å²) in [6.07, 6.45) is 14.1. The second kappa shape index (κ2) is 6.96. The number of hydrogen-bond donors (Lipinski definition) is 0. The Morgan fingerprint density at radius 2 is 1.19 bits per heavy atom. The second-order valence-corrected chi connectivity index (χ2v) is 12.6. The maximum atomic E-state index is 12.0. The number of ether oxygens (including phenoxy) is 2. The van der Waals surface area contributed by atoms with Crippen molar-refractivity contribution in [3.63, 3.8) is 0 Å². The molecule has 176 valence electrons. The Kier molecular flexibility index (Phi) is 4.84. The minimum Gasteiger partial charge on any atom is -0.465 e. The van der Waals surface area contributed by atoms with Gasteiger partial charge in [-0.15, -0.1) is 0 Å². The molecule has 0 aromatic heterocycles. The van der Waals surface area contributed by atoms with Crippen LogP contribution in [0.4, 0.5) is 0 Å². The molecule has 8 atom stereocenters. The minimum atomic E-state index is 0.0431. The Morgan fingerprint density at radius 3 is 1.72 bits per heavy atom. The predicted molar refractivity (Wildman–Crippen MR) is 123 cm³/mol. The average Bonchev–Trinajstić information content (AvgIpc) is 3.36. The smallest absolute Gasteiger partial charge is 0.310 e. The number of allylic oxidation sites excluding steroid dienone is 4. The highest BCUT2D eigenvalue weighted by atomic mass is 16.5. The summed E-state index contributed by atoms with van der Waals surface area (Å²) in [4.78, 5) is 23.9. The van der Waals surface area contributed by atoms with E-state index in [1.165, 1.54) is 12.8 Å². The number of rotatable bonds is 2. The van der Waals surface area contributed by atoms with Crippen molar-refractivity contribution in [3.8, 4) is 0 Å². The first kappa shape index (κ1) is 22.2. The largest absolute Gasteiger partial charge is 0.465 e. The van der Waals surface area contributed by atoms with Crippen LogP contribution in [0.2, 0.25) is 0 Å². The van der Waals surface area contributed by atoms with Crippen molar-refractivity contribution in [1.82, 2.24) is 0 Å². The van der Waals surface area contributed by atoms with Gasteiger partial charge in [0.15, 0.2) is 0 Å². The van der Waals surface area contributed by atoms with Crippen LogP contribution in [0.25, 0.3) is 0 Å². The first-order chi connectivity index (χ1) is 15.0. The molecule has 4 fully saturated rings. The summed E-state index contributed by atoms with van der Waals surface area (Å²) >= 11 is 0. The van der Waals surface area contributed by atoms with Crippen LogP contribution in [0.3, 0.4) is 0 Å². The van der Waals surface area contributed by atoms with Gasteiger partial charge >= 0.3 is 11.9 Å². The van der Waals surface area contributed by atoms with Gasteiger partial charge in [0, 0.05) is 17.3 Å². The van der Waals surface area contributed by atoms with Crippen LogP contribution in [0.5, 0.6) is 0 Å². The molecule has 0 aromatic rings. The van der Waals surface area contributed by atoms with Gasteiger partial charge < -0.3 is 9.47 Å². The summed E-state index contributed by atoms with van der Waals surface area (Å²) in [7, 11) is 0. The van der Waals surface area contributed by atoms with Crippen molar-refractivity contribution in [2.24, 2.45) is 57.2 Å². The first-order valence-corrected chi connectivity index (χ1v) is 12.7. The molecule has 6 aliphatic carbocycles. The maximum Gasteiger partial charge on any atom is 0.310 e. The maximum absolute atomic E-state index is 12.0. The molecule has 4 heteroatoms. The summed E-state index contributed by atoms with van der Waals surface area (Å²) in [5.74, 6) is 2.28. The Balaban J connectivity index is 0.000000135. The molecule has 2 aliphatic heterocycles. The molecule has 0 aromatic carbocycles. The second-order valence-electron chi connectivity index (χ2n) is 12.6. The standard InChI is InChI=1S/2C14H20O2/c1-9(2)14-6-4-13(3,5-7-14)11-10(14)8-16-12(11)15;1-9(2)14-6-4-13(3,5-7-14)10-8-16-12(15)11(10)14/h2*4,6,9-11H,5,7-8H2,1-3H3. The number of esters is 2. The third-order valence-electron chi connectivity index (χ3n) is 10.8. The van der Waals surface area contributed by atoms with E-state index < -0.39 is 0 Å². The van der Waals surface area contributed by atoms with Crippen molar-refractivity contribution in [3.05, 3.63) is 24.3 Å². The van der Waals surface area contributed by atoms with Crippen LogP contribution < -0.4 is 0 Å². The highest BCUT2D eigenvalue weighted by Crippen LogP contribution is 2.64. The molecule has 8 rings (SSSR count). The van der Waals surface area contributed by atoms with Gasteiger partial charge in [-0.25, -0.2) is 0 Å². The van der Waals surface area contributed by atoms with Gasteiger partial charge in [0.1, 0.15) is 0 Å². The molecule has 8 aliphatic rings. The van der Waals surface area contributed by atoms with Crippen LogP contribution >= 0.6 is 0 Å². The lowest BCUT2D eigenvalue weighted by molar-refractivity contribution is -0.147. The Morgan fingerprint density at radius 1 is 0.688 bits per heavy atom. The molecule has 0 amide bonds. The van der Waals surface area contributed by atoms with E-state index in [0.29, 0.717) is 36.9 Å². The number of cyclic esters (lactones) is 2. The summed E-state index contributed by atoms with van der Waals surface area (Å²) in [6, 6.07) is 0. The van der Waals surface area contributed by atoms with Crippen LogP contribution in [-0.4, -0.2) is 25.2 Å². The van der Waals surface area contributed by atoms with Crippen molar-refractivity contribution in [2.45, 2.75) is 67.2 Å². The van der Waals surface area contributed by atoms with Gasteiger partial charge in [-0.05, 0) is 53.8 Å². The zero-order valence-electron chi connectivity index (χ0n) is 20.6. The number of hydrogen-bond acceptors (Lipinski definition) is 4. The third kappa shape index (κ3) is 2.73. The van der Waals surface area contributed by atoms with E-state index in [1.807, 2.05) is 0 Å². The number of carbonyl (C=O) groups is 2. The summed E-state index contributed by atoms with van der Waals surface area (Å²) < 4.78 is 10.7.